The Kier molecular flexibility index (Phi) is 7.00. The van der Waals surface area contributed by atoms with Crippen LogP contribution in [0.2, 0.25) is 0 Å². The summed E-state index contributed by atoms with van der Waals surface area (Å²) in [5.74, 6) is 0. The van der Waals surface area contributed by atoms with Crippen molar-refractivity contribution in [3.8, 4) is 6.07 Å². The zero-order valence-corrected chi connectivity index (χ0v) is 7.45. The van der Waals surface area contributed by atoms with Crippen molar-refractivity contribution in [3.05, 3.63) is 24.9 Å². The molecule has 0 aromatic carbocycles. The highest BCUT2D eigenvalue weighted by molar-refractivity contribution is 4.95. The van der Waals surface area contributed by atoms with Gasteiger partial charge in [0.15, 0.2) is 0 Å². The van der Waals surface area contributed by atoms with Crippen LogP contribution in [-0.4, -0.2) is 18.6 Å². The molecule has 0 aliphatic rings. The SMILES string of the molecule is C=C/C=C\N(C)NCCCC#N. The number of hydrazine groups is 1. The lowest BCUT2D eigenvalue weighted by Gasteiger charge is -2.14. The number of nitrogens with zero attached hydrogens (tertiary/aromatic N) is 2. The van der Waals surface area contributed by atoms with E-state index in [-0.39, 0.29) is 0 Å². The molecule has 0 spiro atoms. The van der Waals surface area contributed by atoms with Crippen LogP contribution in [0.25, 0.3) is 0 Å². The van der Waals surface area contributed by atoms with Crippen molar-refractivity contribution in [3.63, 3.8) is 0 Å². The maximum Gasteiger partial charge on any atom is 0.0622 e. The van der Waals surface area contributed by atoms with Crippen molar-refractivity contribution in [2.45, 2.75) is 12.8 Å². The van der Waals surface area contributed by atoms with Gasteiger partial charge in [0.1, 0.15) is 0 Å². The average molecular weight is 165 g/mol. The van der Waals surface area contributed by atoms with Gasteiger partial charge < -0.3 is 5.01 Å². The third-order valence-electron chi connectivity index (χ3n) is 1.27. The van der Waals surface area contributed by atoms with Crippen LogP contribution in [0.4, 0.5) is 0 Å². The maximum absolute atomic E-state index is 8.25. The standard InChI is InChI=1S/C9H15N3/c1-3-4-9-12(2)11-8-6-5-7-10/h3-4,9,11H,1,5-6,8H2,2H3/b9-4-. The van der Waals surface area contributed by atoms with E-state index in [0.717, 1.165) is 13.0 Å². The lowest BCUT2D eigenvalue weighted by Crippen LogP contribution is -2.30. The van der Waals surface area contributed by atoms with E-state index in [4.69, 9.17) is 5.26 Å². The molecule has 0 saturated heterocycles. The third-order valence-corrected chi connectivity index (χ3v) is 1.27. The van der Waals surface area contributed by atoms with E-state index in [2.05, 4.69) is 18.1 Å². The summed E-state index contributed by atoms with van der Waals surface area (Å²) in [6.07, 6.45) is 6.92. The van der Waals surface area contributed by atoms with Crippen LogP contribution in [0.3, 0.4) is 0 Å². The summed E-state index contributed by atoms with van der Waals surface area (Å²) in [7, 11) is 1.91. The molecule has 0 atom stereocenters. The minimum absolute atomic E-state index is 0.603. The molecule has 0 aliphatic carbocycles. The van der Waals surface area contributed by atoms with Crippen LogP contribution < -0.4 is 5.43 Å². The van der Waals surface area contributed by atoms with E-state index in [1.165, 1.54) is 0 Å². The highest BCUT2D eigenvalue weighted by Gasteiger charge is 1.88. The molecule has 0 amide bonds. The van der Waals surface area contributed by atoms with Gasteiger partial charge in [0.25, 0.3) is 0 Å². The van der Waals surface area contributed by atoms with Crippen LogP contribution in [0.1, 0.15) is 12.8 Å². The fourth-order valence-electron chi connectivity index (χ4n) is 0.666. The summed E-state index contributed by atoms with van der Waals surface area (Å²) in [6.45, 7) is 4.38. The van der Waals surface area contributed by atoms with Gasteiger partial charge in [-0.1, -0.05) is 12.7 Å². The predicted octanol–water partition coefficient (Wildman–Crippen LogP) is 1.43. The highest BCUT2D eigenvalue weighted by atomic mass is 15.5. The Morgan fingerprint density at radius 2 is 2.42 bits per heavy atom. The number of hydrogen-bond acceptors (Lipinski definition) is 3. The van der Waals surface area contributed by atoms with Gasteiger partial charge in [-0.15, -0.1) is 0 Å². The normalized spacial score (nSPS) is 9.67. The molecule has 0 radical (unpaired) electrons. The second kappa shape index (κ2) is 7.83. The summed E-state index contributed by atoms with van der Waals surface area (Å²) in [6, 6.07) is 2.09. The quantitative estimate of drug-likeness (QED) is 0.367. The van der Waals surface area contributed by atoms with E-state index in [9.17, 15) is 0 Å². The van der Waals surface area contributed by atoms with Crippen LogP contribution >= 0.6 is 0 Å². The summed E-state index contributed by atoms with van der Waals surface area (Å²) >= 11 is 0. The highest BCUT2D eigenvalue weighted by Crippen LogP contribution is 1.85. The first-order chi connectivity index (χ1) is 5.81. The van der Waals surface area contributed by atoms with Gasteiger partial charge in [-0.3, -0.25) is 0 Å². The van der Waals surface area contributed by atoms with Crippen molar-refractivity contribution >= 4 is 0 Å². The van der Waals surface area contributed by atoms with E-state index in [1.807, 2.05) is 24.3 Å². The monoisotopic (exact) mass is 165 g/mol. The predicted molar refractivity (Wildman–Crippen MR) is 49.9 cm³/mol. The number of nitriles is 1. The van der Waals surface area contributed by atoms with Gasteiger partial charge in [-0.05, 0) is 12.5 Å². The Labute approximate surface area is 74.0 Å². The van der Waals surface area contributed by atoms with Crippen molar-refractivity contribution in [1.29, 1.82) is 5.26 Å². The van der Waals surface area contributed by atoms with Gasteiger partial charge in [0, 0.05) is 26.2 Å². The Balaban J connectivity index is 3.32. The number of rotatable bonds is 6. The van der Waals surface area contributed by atoms with Crippen molar-refractivity contribution in [1.82, 2.24) is 10.4 Å². The van der Waals surface area contributed by atoms with E-state index >= 15 is 0 Å². The average Bonchev–Trinajstić information content (AvgIpc) is 2.09. The van der Waals surface area contributed by atoms with Crippen LogP contribution in [0.15, 0.2) is 24.9 Å². The fraction of sp³-hybridized carbons (Fsp3) is 0.444. The van der Waals surface area contributed by atoms with Gasteiger partial charge in [-0.25, -0.2) is 5.43 Å². The second-order valence-electron chi connectivity index (χ2n) is 2.36. The molecule has 0 heterocycles. The fourth-order valence-corrected chi connectivity index (χ4v) is 0.666. The Hall–Kier alpha value is -1.27. The van der Waals surface area contributed by atoms with Crippen LogP contribution in [0, 0.1) is 11.3 Å². The summed E-state index contributed by atoms with van der Waals surface area (Å²) in [4.78, 5) is 0. The number of hydrogen-bond donors (Lipinski definition) is 1. The molecular formula is C9H15N3. The molecule has 0 bridgehead atoms. The largest absolute Gasteiger partial charge is 0.319 e. The van der Waals surface area contributed by atoms with E-state index < -0.39 is 0 Å². The Morgan fingerprint density at radius 1 is 1.67 bits per heavy atom. The second-order valence-corrected chi connectivity index (χ2v) is 2.36. The zero-order valence-electron chi connectivity index (χ0n) is 7.45. The number of allylic oxidation sites excluding steroid dienone is 2. The molecule has 3 nitrogen and oxygen atoms in total. The Morgan fingerprint density at radius 3 is 3.00 bits per heavy atom. The first kappa shape index (κ1) is 10.7. The molecule has 0 fully saturated rings. The van der Waals surface area contributed by atoms with Crippen molar-refractivity contribution in [2.24, 2.45) is 0 Å². The van der Waals surface area contributed by atoms with Crippen molar-refractivity contribution in [2.75, 3.05) is 13.6 Å². The van der Waals surface area contributed by atoms with Gasteiger partial charge in [0.05, 0.1) is 6.07 Å². The third kappa shape index (κ3) is 6.84. The smallest absolute Gasteiger partial charge is 0.0622 e. The molecule has 12 heavy (non-hydrogen) atoms. The zero-order chi connectivity index (χ0) is 9.23. The lowest BCUT2D eigenvalue weighted by molar-refractivity contribution is 0.326. The minimum atomic E-state index is 0.603. The first-order valence-corrected chi connectivity index (χ1v) is 3.93. The Bertz CT molecular complexity index is 179. The van der Waals surface area contributed by atoms with E-state index in [0.29, 0.717) is 6.42 Å². The van der Waals surface area contributed by atoms with E-state index in [1.54, 1.807) is 6.08 Å². The lowest BCUT2D eigenvalue weighted by atomic mass is 10.3. The number of nitrogens with one attached hydrogen (secondary N) is 1. The van der Waals surface area contributed by atoms with Crippen LogP contribution in [-0.2, 0) is 0 Å². The molecular weight excluding hydrogens is 150 g/mol. The van der Waals surface area contributed by atoms with Crippen LogP contribution in [0.5, 0.6) is 0 Å². The molecule has 0 saturated carbocycles. The molecule has 66 valence electrons. The first-order valence-electron chi connectivity index (χ1n) is 3.93. The number of unbranched alkanes of at least 4 members (excludes halogenated alkanes) is 1. The van der Waals surface area contributed by atoms with Crippen molar-refractivity contribution < 1.29 is 0 Å². The molecule has 0 unspecified atom stereocenters. The topological polar surface area (TPSA) is 39.1 Å². The maximum atomic E-state index is 8.25. The van der Waals surface area contributed by atoms with Gasteiger partial charge in [0.2, 0.25) is 0 Å². The molecule has 0 rings (SSSR count). The van der Waals surface area contributed by atoms with Gasteiger partial charge in [-0.2, -0.15) is 5.26 Å². The summed E-state index contributed by atoms with van der Waals surface area (Å²) in [5, 5.41) is 10.1. The summed E-state index contributed by atoms with van der Waals surface area (Å²) in [5.41, 5.74) is 3.10. The summed E-state index contributed by atoms with van der Waals surface area (Å²) < 4.78 is 0. The molecule has 0 aromatic rings. The van der Waals surface area contributed by atoms with Gasteiger partial charge >= 0.3 is 0 Å². The molecule has 3 heteroatoms. The molecule has 0 aromatic heterocycles. The molecule has 0 aliphatic heterocycles. The minimum Gasteiger partial charge on any atom is -0.319 e. The molecule has 1 N–H and O–H groups in total.